The summed E-state index contributed by atoms with van der Waals surface area (Å²) in [6, 6.07) is 20.6. The Labute approximate surface area is 188 Å². The number of carbonyl (C=O) groups is 2. The predicted octanol–water partition coefficient (Wildman–Crippen LogP) is 4.32. The topological polar surface area (TPSA) is 102 Å². The van der Waals surface area contributed by atoms with Gasteiger partial charge < -0.3 is 16.4 Å². The van der Waals surface area contributed by atoms with Gasteiger partial charge in [0.05, 0.1) is 11.0 Å². The molecule has 1 atom stereocenters. The van der Waals surface area contributed by atoms with Gasteiger partial charge in [-0.25, -0.2) is 9.78 Å². The van der Waals surface area contributed by atoms with Gasteiger partial charge >= 0.3 is 12.6 Å². The molecule has 0 fully saturated rings. The number of primary amides is 1. The Hall–Kier alpha value is -4.27. The van der Waals surface area contributed by atoms with E-state index >= 15 is 0 Å². The van der Waals surface area contributed by atoms with Crippen LogP contribution in [-0.4, -0.2) is 27.5 Å². The van der Waals surface area contributed by atoms with Gasteiger partial charge in [0, 0.05) is 17.7 Å². The van der Waals surface area contributed by atoms with Gasteiger partial charge in [-0.15, -0.1) is 0 Å². The van der Waals surface area contributed by atoms with Crippen molar-refractivity contribution in [1.82, 2.24) is 14.9 Å². The average Bonchev–Trinajstić information content (AvgIpc) is 3.19. The highest BCUT2D eigenvalue weighted by molar-refractivity contribution is 5.97. The summed E-state index contributed by atoms with van der Waals surface area (Å²) in [7, 11) is 0. The standard InChI is InChI=1S/C24H21F2N5O2/c25-23(26)31-20-9-5-4-8-18(20)29-21(31)16-10-12-17(13-11-16)28-22(32)19(30-24(27)33)14-15-6-2-1-3-7-15/h1-13,19,23H,14H2,(H,28,32)(H3,27,30,33)/t19-/m1/s1. The Bertz CT molecular complexity index is 1270. The number of nitrogens with one attached hydrogen (secondary N) is 2. The van der Waals surface area contributed by atoms with Gasteiger partial charge in [0.2, 0.25) is 5.91 Å². The molecule has 3 aromatic carbocycles. The van der Waals surface area contributed by atoms with Crippen LogP contribution >= 0.6 is 0 Å². The van der Waals surface area contributed by atoms with Crippen molar-refractivity contribution in [1.29, 1.82) is 0 Å². The molecule has 0 radical (unpaired) electrons. The molecule has 0 saturated carbocycles. The van der Waals surface area contributed by atoms with Gasteiger partial charge in [-0.1, -0.05) is 42.5 Å². The quantitative estimate of drug-likeness (QED) is 0.392. The van der Waals surface area contributed by atoms with Crippen LogP contribution in [0.25, 0.3) is 22.4 Å². The Kier molecular flexibility index (Phi) is 6.30. The highest BCUT2D eigenvalue weighted by atomic mass is 19.3. The van der Waals surface area contributed by atoms with Crippen LogP contribution in [-0.2, 0) is 11.2 Å². The van der Waals surface area contributed by atoms with Crippen LogP contribution in [0.5, 0.6) is 0 Å². The smallest absolute Gasteiger partial charge is 0.320 e. The molecule has 7 nitrogen and oxygen atoms in total. The van der Waals surface area contributed by atoms with Crippen LogP contribution in [0.2, 0.25) is 0 Å². The maximum Gasteiger partial charge on any atom is 0.320 e. The number of hydrogen-bond donors (Lipinski definition) is 3. The molecule has 9 heteroatoms. The van der Waals surface area contributed by atoms with Crippen LogP contribution in [0.4, 0.5) is 19.3 Å². The first-order valence-electron chi connectivity index (χ1n) is 10.2. The molecule has 0 bridgehead atoms. The van der Waals surface area contributed by atoms with Gasteiger partial charge in [-0.05, 0) is 42.0 Å². The number of anilines is 1. The molecule has 0 spiro atoms. The summed E-state index contributed by atoms with van der Waals surface area (Å²) >= 11 is 0. The number of rotatable bonds is 7. The molecular weight excluding hydrogens is 428 g/mol. The minimum atomic E-state index is -2.76. The number of aromatic nitrogens is 2. The minimum absolute atomic E-state index is 0.126. The van der Waals surface area contributed by atoms with Gasteiger partial charge in [0.1, 0.15) is 11.9 Å². The summed E-state index contributed by atoms with van der Waals surface area (Å²) in [6.07, 6.45) is 0.256. The van der Waals surface area contributed by atoms with E-state index in [2.05, 4.69) is 15.6 Å². The van der Waals surface area contributed by atoms with Crippen molar-refractivity contribution in [3.05, 3.63) is 84.4 Å². The molecule has 0 aliphatic heterocycles. The van der Waals surface area contributed by atoms with E-state index < -0.39 is 24.5 Å². The normalized spacial score (nSPS) is 12.0. The molecule has 4 aromatic rings. The Balaban J connectivity index is 1.54. The van der Waals surface area contributed by atoms with Crippen LogP contribution in [0.3, 0.4) is 0 Å². The van der Waals surface area contributed by atoms with Gasteiger partial charge in [0.15, 0.2) is 0 Å². The fourth-order valence-electron chi connectivity index (χ4n) is 3.61. The van der Waals surface area contributed by atoms with E-state index in [1.165, 1.54) is 0 Å². The van der Waals surface area contributed by atoms with Gasteiger partial charge in [0.25, 0.3) is 0 Å². The van der Waals surface area contributed by atoms with Crippen molar-refractivity contribution in [2.24, 2.45) is 5.73 Å². The van der Waals surface area contributed by atoms with E-state index in [1.54, 1.807) is 48.5 Å². The second-order valence-electron chi connectivity index (χ2n) is 7.39. The molecule has 4 rings (SSSR count). The lowest BCUT2D eigenvalue weighted by Crippen LogP contribution is -2.47. The summed E-state index contributed by atoms with van der Waals surface area (Å²) in [6.45, 7) is -2.76. The molecule has 4 N–H and O–H groups in total. The van der Waals surface area contributed by atoms with Crippen molar-refractivity contribution in [2.75, 3.05) is 5.32 Å². The van der Waals surface area contributed by atoms with Crippen LogP contribution in [0.15, 0.2) is 78.9 Å². The number of carbonyl (C=O) groups excluding carboxylic acids is 2. The zero-order valence-electron chi connectivity index (χ0n) is 17.4. The number of hydrogen-bond acceptors (Lipinski definition) is 3. The highest BCUT2D eigenvalue weighted by Crippen LogP contribution is 2.30. The lowest BCUT2D eigenvalue weighted by molar-refractivity contribution is -0.117. The number of nitrogens with zero attached hydrogens (tertiary/aromatic N) is 2. The third kappa shape index (κ3) is 4.98. The molecule has 168 valence electrons. The fourth-order valence-corrected chi connectivity index (χ4v) is 3.61. The number of urea groups is 1. The van der Waals surface area contributed by atoms with E-state index in [-0.39, 0.29) is 12.2 Å². The largest absolute Gasteiger partial charge is 0.352 e. The average molecular weight is 449 g/mol. The summed E-state index contributed by atoms with van der Waals surface area (Å²) in [5.74, 6) is -0.327. The first-order chi connectivity index (χ1) is 15.9. The van der Waals surface area contributed by atoms with E-state index in [9.17, 15) is 18.4 Å². The number of benzene rings is 3. The maximum absolute atomic E-state index is 13.7. The molecule has 1 heterocycles. The SMILES string of the molecule is NC(=O)N[C@H](Cc1ccccc1)C(=O)Nc1ccc(-c2nc3ccccc3n2C(F)F)cc1. The maximum atomic E-state index is 13.7. The predicted molar refractivity (Wildman–Crippen MR) is 122 cm³/mol. The first kappa shape index (κ1) is 21.9. The monoisotopic (exact) mass is 449 g/mol. The van der Waals surface area contributed by atoms with Crippen molar-refractivity contribution < 1.29 is 18.4 Å². The number of nitrogens with two attached hydrogens (primary N) is 1. The fraction of sp³-hybridized carbons (Fsp3) is 0.125. The van der Waals surface area contributed by atoms with Crippen molar-refractivity contribution in [3.63, 3.8) is 0 Å². The van der Waals surface area contributed by atoms with E-state index in [0.717, 1.165) is 10.1 Å². The molecule has 0 aliphatic rings. The summed E-state index contributed by atoms with van der Waals surface area (Å²) in [5.41, 5.74) is 7.80. The zero-order chi connectivity index (χ0) is 23.4. The lowest BCUT2D eigenvalue weighted by Gasteiger charge is -2.17. The Morgan fingerprint density at radius 1 is 0.939 bits per heavy atom. The van der Waals surface area contributed by atoms with E-state index in [0.29, 0.717) is 22.3 Å². The highest BCUT2D eigenvalue weighted by Gasteiger charge is 2.21. The van der Waals surface area contributed by atoms with E-state index in [4.69, 9.17) is 5.73 Å². The van der Waals surface area contributed by atoms with E-state index in [1.807, 2.05) is 30.3 Å². The second kappa shape index (κ2) is 9.47. The van der Waals surface area contributed by atoms with Gasteiger partial charge in [-0.2, -0.15) is 8.78 Å². The third-order valence-corrected chi connectivity index (χ3v) is 5.12. The van der Waals surface area contributed by atoms with Crippen molar-refractivity contribution >= 4 is 28.7 Å². The van der Waals surface area contributed by atoms with Crippen molar-refractivity contribution in [3.8, 4) is 11.4 Å². The zero-order valence-corrected chi connectivity index (χ0v) is 17.4. The number of amides is 3. The van der Waals surface area contributed by atoms with Crippen molar-refractivity contribution in [2.45, 2.75) is 19.0 Å². The first-order valence-corrected chi connectivity index (χ1v) is 10.2. The molecule has 0 saturated heterocycles. The minimum Gasteiger partial charge on any atom is -0.352 e. The molecule has 0 aliphatic carbocycles. The molecule has 0 unspecified atom stereocenters. The lowest BCUT2D eigenvalue weighted by atomic mass is 10.1. The molecule has 33 heavy (non-hydrogen) atoms. The number of halogens is 2. The Morgan fingerprint density at radius 2 is 1.61 bits per heavy atom. The van der Waals surface area contributed by atoms with Crippen LogP contribution in [0.1, 0.15) is 12.1 Å². The Morgan fingerprint density at radius 3 is 2.27 bits per heavy atom. The number of alkyl halides is 2. The summed E-state index contributed by atoms with van der Waals surface area (Å²) in [5, 5.41) is 5.18. The number of para-hydroxylation sites is 2. The van der Waals surface area contributed by atoms with Crippen LogP contribution in [0, 0.1) is 0 Å². The summed E-state index contributed by atoms with van der Waals surface area (Å²) < 4.78 is 28.3. The third-order valence-electron chi connectivity index (χ3n) is 5.12. The van der Waals surface area contributed by atoms with Gasteiger partial charge in [-0.3, -0.25) is 9.36 Å². The molecule has 1 aromatic heterocycles. The number of fused-ring (bicyclic) bond motifs is 1. The number of imidazole rings is 1. The molecule has 3 amide bonds. The van der Waals surface area contributed by atoms with Crippen LogP contribution < -0.4 is 16.4 Å². The summed E-state index contributed by atoms with van der Waals surface area (Å²) in [4.78, 5) is 28.5. The second-order valence-corrected chi connectivity index (χ2v) is 7.39. The molecular formula is C24H21F2N5O2.